The van der Waals surface area contributed by atoms with Crippen LogP contribution in [0.15, 0.2) is 12.1 Å². The number of carbonyl (C=O) groups is 2. The van der Waals surface area contributed by atoms with Gasteiger partial charge in [-0.15, -0.1) is 0 Å². The predicted molar refractivity (Wildman–Crippen MR) is 67.1 cm³/mol. The minimum atomic E-state index is -1.56. The van der Waals surface area contributed by atoms with Crippen LogP contribution in [0.5, 0.6) is 17.2 Å². The Bertz CT molecular complexity index is 499. The SMILES string of the molecule is COc1cc(OC)c(N(C)C(=O)C(=O)O)cc1OC. The minimum absolute atomic E-state index is 0.271. The van der Waals surface area contributed by atoms with Crippen molar-refractivity contribution in [3.05, 3.63) is 12.1 Å². The van der Waals surface area contributed by atoms with Crippen molar-refractivity contribution in [2.45, 2.75) is 0 Å². The number of methoxy groups -OCH3 is 3. The van der Waals surface area contributed by atoms with Crippen LogP contribution in [0.2, 0.25) is 0 Å². The van der Waals surface area contributed by atoms with Gasteiger partial charge < -0.3 is 24.2 Å². The zero-order valence-corrected chi connectivity index (χ0v) is 11.1. The average molecular weight is 269 g/mol. The van der Waals surface area contributed by atoms with Gasteiger partial charge in [0.2, 0.25) is 0 Å². The van der Waals surface area contributed by atoms with E-state index in [-0.39, 0.29) is 5.69 Å². The molecule has 0 saturated heterocycles. The van der Waals surface area contributed by atoms with Crippen LogP contribution in [-0.4, -0.2) is 45.4 Å². The summed E-state index contributed by atoms with van der Waals surface area (Å²) in [5.74, 6) is -1.55. The maximum Gasteiger partial charge on any atom is 0.394 e. The summed E-state index contributed by atoms with van der Waals surface area (Å²) < 4.78 is 15.3. The lowest BCUT2D eigenvalue weighted by atomic mass is 10.2. The first-order valence-corrected chi connectivity index (χ1v) is 5.27. The first kappa shape index (κ1) is 14.6. The Morgan fingerprint density at radius 1 is 1.00 bits per heavy atom. The highest BCUT2D eigenvalue weighted by molar-refractivity contribution is 6.37. The van der Waals surface area contributed by atoms with Crippen molar-refractivity contribution in [2.75, 3.05) is 33.3 Å². The molecule has 1 rings (SSSR count). The fourth-order valence-electron chi connectivity index (χ4n) is 1.53. The van der Waals surface area contributed by atoms with Crippen LogP contribution in [0.3, 0.4) is 0 Å². The Morgan fingerprint density at radius 3 is 1.89 bits per heavy atom. The van der Waals surface area contributed by atoms with E-state index in [1.165, 1.54) is 40.5 Å². The van der Waals surface area contributed by atoms with Crippen LogP contribution in [0, 0.1) is 0 Å². The van der Waals surface area contributed by atoms with Gasteiger partial charge in [-0.3, -0.25) is 4.79 Å². The Balaban J connectivity index is 3.33. The number of nitrogens with zero attached hydrogens (tertiary/aromatic N) is 1. The second kappa shape index (κ2) is 5.94. The van der Waals surface area contributed by atoms with Crippen LogP contribution in [-0.2, 0) is 9.59 Å². The van der Waals surface area contributed by atoms with Crippen LogP contribution >= 0.6 is 0 Å². The second-order valence-electron chi connectivity index (χ2n) is 3.55. The monoisotopic (exact) mass is 269 g/mol. The summed E-state index contributed by atoms with van der Waals surface area (Å²) in [7, 11) is 5.64. The van der Waals surface area contributed by atoms with E-state index in [0.717, 1.165) is 4.90 Å². The van der Waals surface area contributed by atoms with Gasteiger partial charge in [0.15, 0.2) is 11.5 Å². The highest BCUT2D eigenvalue weighted by Crippen LogP contribution is 2.39. The maximum absolute atomic E-state index is 11.5. The molecule has 0 fully saturated rings. The number of benzene rings is 1. The summed E-state index contributed by atoms with van der Waals surface area (Å²) in [6.45, 7) is 0. The number of carboxylic acid groups (broad SMARTS) is 1. The van der Waals surface area contributed by atoms with E-state index < -0.39 is 11.9 Å². The average Bonchev–Trinajstić information content (AvgIpc) is 2.43. The number of rotatable bonds is 4. The summed E-state index contributed by atoms with van der Waals surface area (Å²) in [5.41, 5.74) is 0.271. The lowest BCUT2D eigenvalue weighted by molar-refractivity contribution is -0.148. The molecule has 0 atom stereocenters. The number of hydrogen-bond acceptors (Lipinski definition) is 5. The topological polar surface area (TPSA) is 85.3 Å². The van der Waals surface area contributed by atoms with Gasteiger partial charge in [-0.05, 0) is 0 Å². The molecule has 104 valence electrons. The zero-order valence-electron chi connectivity index (χ0n) is 11.1. The highest BCUT2D eigenvalue weighted by Gasteiger charge is 2.23. The third-order valence-electron chi connectivity index (χ3n) is 2.53. The molecule has 0 aliphatic heterocycles. The lowest BCUT2D eigenvalue weighted by Crippen LogP contribution is -2.33. The molecular formula is C12H15NO6. The number of aliphatic carboxylic acids is 1. The molecule has 0 aliphatic carbocycles. The van der Waals surface area contributed by atoms with E-state index in [0.29, 0.717) is 17.2 Å². The van der Waals surface area contributed by atoms with Crippen molar-refractivity contribution >= 4 is 17.6 Å². The Labute approximate surface area is 110 Å². The van der Waals surface area contributed by atoms with Gasteiger partial charge in [-0.2, -0.15) is 0 Å². The van der Waals surface area contributed by atoms with E-state index in [1.807, 2.05) is 0 Å². The first-order valence-electron chi connectivity index (χ1n) is 5.27. The molecule has 0 bridgehead atoms. The maximum atomic E-state index is 11.5. The van der Waals surface area contributed by atoms with Gasteiger partial charge in [-0.1, -0.05) is 0 Å². The Kier molecular flexibility index (Phi) is 4.57. The molecule has 1 aromatic carbocycles. The molecule has 0 aliphatic rings. The van der Waals surface area contributed by atoms with Gasteiger partial charge in [0, 0.05) is 19.2 Å². The van der Waals surface area contributed by atoms with Gasteiger partial charge in [0.1, 0.15) is 5.75 Å². The molecule has 0 unspecified atom stereocenters. The third-order valence-corrected chi connectivity index (χ3v) is 2.53. The zero-order chi connectivity index (χ0) is 14.6. The summed E-state index contributed by atoms with van der Waals surface area (Å²) in [5, 5.41) is 8.72. The number of amides is 1. The number of carboxylic acids is 1. The van der Waals surface area contributed by atoms with Crippen molar-refractivity contribution in [2.24, 2.45) is 0 Å². The largest absolute Gasteiger partial charge is 0.494 e. The summed E-state index contributed by atoms with van der Waals surface area (Å²) in [6, 6.07) is 2.98. The molecule has 19 heavy (non-hydrogen) atoms. The highest BCUT2D eigenvalue weighted by atomic mass is 16.5. The summed E-state index contributed by atoms with van der Waals surface area (Å²) in [4.78, 5) is 23.1. The van der Waals surface area contributed by atoms with E-state index in [9.17, 15) is 9.59 Å². The molecule has 0 radical (unpaired) electrons. The number of hydrogen-bond donors (Lipinski definition) is 1. The van der Waals surface area contributed by atoms with Crippen molar-refractivity contribution in [3.8, 4) is 17.2 Å². The fourth-order valence-corrected chi connectivity index (χ4v) is 1.53. The second-order valence-corrected chi connectivity index (χ2v) is 3.55. The fraction of sp³-hybridized carbons (Fsp3) is 0.333. The Hall–Kier alpha value is -2.44. The normalized spacial score (nSPS) is 9.68. The molecule has 0 heterocycles. The number of likely N-dealkylation sites (N-methyl/N-ethyl adjacent to an activating group) is 1. The van der Waals surface area contributed by atoms with Gasteiger partial charge in [-0.25, -0.2) is 4.79 Å². The van der Waals surface area contributed by atoms with Crippen molar-refractivity contribution in [1.82, 2.24) is 0 Å². The minimum Gasteiger partial charge on any atom is -0.494 e. The van der Waals surface area contributed by atoms with Gasteiger partial charge >= 0.3 is 11.9 Å². The quantitative estimate of drug-likeness (QED) is 0.812. The van der Waals surface area contributed by atoms with Crippen molar-refractivity contribution in [1.29, 1.82) is 0 Å². The molecule has 7 heteroatoms. The van der Waals surface area contributed by atoms with Crippen molar-refractivity contribution < 1.29 is 28.9 Å². The van der Waals surface area contributed by atoms with Crippen LogP contribution in [0.4, 0.5) is 5.69 Å². The third kappa shape index (κ3) is 2.87. The molecule has 1 aromatic rings. The molecule has 1 N–H and O–H groups in total. The number of ether oxygens (including phenoxy) is 3. The smallest absolute Gasteiger partial charge is 0.394 e. The number of carbonyl (C=O) groups excluding carboxylic acids is 1. The molecule has 0 spiro atoms. The summed E-state index contributed by atoms with van der Waals surface area (Å²) >= 11 is 0. The van der Waals surface area contributed by atoms with Crippen molar-refractivity contribution in [3.63, 3.8) is 0 Å². The Morgan fingerprint density at radius 2 is 1.47 bits per heavy atom. The summed E-state index contributed by atoms with van der Waals surface area (Å²) in [6.07, 6.45) is 0. The number of anilines is 1. The molecule has 0 aromatic heterocycles. The van der Waals surface area contributed by atoms with Crippen LogP contribution in [0.1, 0.15) is 0 Å². The van der Waals surface area contributed by atoms with E-state index in [4.69, 9.17) is 19.3 Å². The lowest BCUT2D eigenvalue weighted by Gasteiger charge is -2.20. The van der Waals surface area contributed by atoms with E-state index in [2.05, 4.69) is 0 Å². The molecular weight excluding hydrogens is 254 g/mol. The van der Waals surface area contributed by atoms with Crippen LogP contribution in [0.25, 0.3) is 0 Å². The van der Waals surface area contributed by atoms with E-state index in [1.54, 1.807) is 0 Å². The molecule has 7 nitrogen and oxygen atoms in total. The molecule has 1 amide bonds. The van der Waals surface area contributed by atoms with Crippen LogP contribution < -0.4 is 19.1 Å². The van der Waals surface area contributed by atoms with Gasteiger partial charge in [0.25, 0.3) is 0 Å². The predicted octanol–water partition coefficient (Wildman–Crippen LogP) is 0.760. The first-order chi connectivity index (χ1) is 8.96. The van der Waals surface area contributed by atoms with E-state index >= 15 is 0 Å². The van der Waals surface area contributed by atoms with Gasteiger partial charge in [0.05, 0.1) is 27.0 Å². The standard InChI is InChI=1S/C12H15NO6/c1-13(11(14)12(15)16)7-5-9(18-3)10(19-4)6-8(7)17-2/h5-6H,1-4H3,(H,15,16). The molecule has 0 saturated carbocycles.